The van der Waals surface area contributed by atoms with Gasteiger partial charge in [0.05, 0.1) is 11.5 Å². The molecule has 8 nitrogen and oxygen atoms in total. The van der Waals surface area contributed by atoms with E-state index < -0.39 is 11.9 Å². The summed E-state index contributed by atoms with van der Waals surface area (Å²) in [5.74, 6) is -0.355. The van der Waals surface area contributed by atoms with Crippen LogP contribution in [0, 0.1) is 6.92 Å². The minimum Gasteiger partial charge on any atom is -0.368 e. The topological polar surface area (TPSA) is 127 Å². The number of benzene rings is 1. The summed E-state index contributed by atoms with van der Waals surface area (Å²) < 4.78 is 4.84. The quantitative estimate of drug-likeness (QED) is 0.643. The van der Waals surface area contributed by atoms with Crippen LogP contribution in [0.4, 0.5) is 5.82 Å². The molecule has 2 aromatic rings. The van der Waals surface area contributed by atoms with Crippen LogP contribution >= 0.6 is 11.8 Å². The molecule has 3 amide bonds. The lowest BCUT2D eigenvalue weighted by molar-refractivity contribution is -0.126. The predicted octanol–water partition coefficient (Wildman–Crippen LogP) is 0.998. The van der Waals surface area contributed by atoms with Gasteiger partial charge in [-0.05, 0) is 12.5 Å². The summed E-state index contributed by atoms with van der Waals surface area (Å²) in [6.45, 7) is 1.71. The average molecular weight is 362 g/mol. The number of carbonyl (C=O) groups is 3. The fraction of sp³-hybridized carbons (Fsp3) is 0.250. The molecule has 0 saturated heterocycles. The van der Waals surface area contributed by atoms with Gasteiger partial charge < -0.3 is 20.9 Å². The van der Waals surface area contributed by atoms with Crippen molar-refractivity contribution in [1.82, 2.24) is 10.5 Å². The highest BCUT2D eigenvalue weighted by atomic mass is 32.2. The first kappa shape index (κ1) is 18.5. The maximum atomic E-state index is 12.0. The SMILES string of the molecule is Cc1cc(NC(=O)CSCC(=O)NC(C(N)=O)c2ccccc2)no1. The summed E-state index contributed by atoms with van der Waals surface area (Å²) in [7, 11) is 0. The summed E-state index contributed by atoms with van der Waals surface area (Å²) in [6.07, 6.45) is 0. The Kier molecular flexibility index (Phi) is 6.58. The second kappa shape index (κ2) is 8.88. The van der Waals surface area contributed by atoms with E-state index in [2.05, 4.69) is 15.8 Å². The van der Waals surface area contributed by atoms with Crippen molar-refractivity contribution in [1.29, 1.82) is 0 Å². The second-order valence-corrected chi connectivity index (χ2v) is 6.16. The van der Waals surface area contributed by atoms with E-state index in [-0.39, 0.29) is 23.3 Å². The molecule has 0 radical (unpaired) electrons. The molecule has 1 heterocycles. The van der Waals surface area contributed by atoms with Gasteiger partial charge in [0.2, 0.25) is 17.7 Å². The number of nitrogens with one attached hydrogen (secondary N) is 2. The van der Waals surface area contributed by atoms with Gasteiger partial charge in [0.1, 0.15) is 11.8 Å². The third kappa shape index (κ3) is 5.96. The molecular formula is C16H18N4O4S. The molecule has 132 valence electrons. The van der Waals surface area contributed by atoms with Crippen LogP contribution in [0.2, 0.25) is 0 Å². The lowest BCUT2D eigenvalue weighted by atomic mass is 10.1. The molecular weight excluding hydrogens is 344 g/mol. The van der Waals surface area contributed by atoms with Gasteiger partial charge in [0.25, 0.3) is 0 Å². The second-order valence-electron chi connectivity index (χ2n) is 5.18. The molecule has 1 atom stereocenters. The summed E-state index contributed by atoms with van der Waals surface area (Å²) in [6, 6.07) is 9.40. The van der Waals surface area contributed by atoms with Crippen LogP contribution < -0.4 is 16.4 Å². The van der Waals surface area contributed by atoms with Crippen molar-refractivity contribution in [2.24, 2.45) is 5.73 Å². The number of primary amides is 1. The maximum Gasteiger partial charge on any atom is 0.244 e. The normalized spacial score (nSPS) is 11.6. The molecule has 4 N–H and O–H groups in total. The highest BCUT2D eigenvalue weighted by molar-refractivity contribution is 8.00. The van der Waals surface area contributed by atoms with Gasteiger partial charge in [0, 0.05) is 6.07 Å². The van der Waals surface area contributed by atoms with E-state index in [9.17, 15) is 14.4 Å². The van der Waals surface area contributed by atoms with Crippen LogP contribution in [0.1, 0.15) is 17.4 Å². The molecule has 0 saturated carbocycles. The summed E-state index contributed by atoms with van der Waals surface area (Å²) in [4.78, 5) is 35.3. The van der Waals surface area contributed by atoms with Crippen molar-refractivity contribution >= 4 is 35.3 Å². The fourth-order valence-corrected chi connectivity index (χ4v) is 2.64. The highest BCUT2D eigenvalue weighted by Crippen LogP contribution is 2.13. The van der Waals surface area contributed by atoms with E-state index in [1.54, 1.807) is 43.3 Å². The Labute approximate surface area is 148 Å². The third-order valence-electron chi connectivity index (χ3n) is 3.08. The van der Waals surface area contributed by atoms with Crippen LogP contribution in [0.15, 0.2) is 40.9 Å². The van der Waals surface area contributed by atoms with Crippen LogP contribution in [0.25, 0.3) is 0 Å². The van der Waals surface area contributed by atoms with Gasteiger partial charge >= 0.3 is 0 Å². The number of amides is 3. The summed E-state index contributed by atoms with van der Waals surface area (Å²) in [5.41, 5.74) is 5.95. The standard InChI is InChI=1S/C16H18N4O4S/c1-10-7-12(20-24-10)18-13(21)8-25-9-14(22)19-15(16(17)23)11-5-3-2-4-6-11/h2-7,15H,8-9H2,1H3,(H2,17,23)(H,19,22)(H,18,20,21). The largest absolute Gasteiger partial charge is 0.368 e. The number of anilines is 1. The van der Waals surface area contributed by atoms with E-state index in [4.69, 9.17) is 10.3 Å². The van der Waals surface area contributed by atoms with Crippen LogP contribution in [-0.4, -0.2) is 34.4 Å². The Morgan fingerprint density at radius 1 is 1.20 bits per heavy atom. The molecule has 0 aliphatic carbocycles. The Hall–Kier alpha value is -2.81. The van der Waals surface area contributed by atoms with Gasteiger partial charge in [-0.15, -0.1) is 11.8 Å². The van der Waals surface area contributed by atoms with Crippen molar-refractivity contribution in [3.8, 4) is 0 Å². The van der Waals surface area contributed by atoms with Crippen LogP contribution in [0.5, 0.6) is 0 Å². The number of aromatic nitrogens is 1. The van der Waals surface area contributed by atoms with Crippen molar-refractivity contribution in [2.45, 2.75) is 13.0 Å². The maximum absolute atomic E-state index is 12.0. The number of hydrogen-bond acceptors (Lipinski definition) is 6. The van der Waals surface area contributed by atoms with Crippen molar-refractivity contribution in [3.05, 3.63) is 47.7 Å². The van der Waals surface area contributed by atoms with Gasteiger partial charge in [-0.25, -0.2) is 0 Å². The van der Waals surface area contributed by atoms with E-state index in [1.807, 2.05) is 0 Å². The van der Waals surface area contributed by atoms with E-state index in [1.165, 1.54) is 0 Å². The lowest BCUT2D eigenvalue weighted by Crippen LogP contribution is -2.38. The monoisotopic (exact) mass is 362 g/mol. The van der Waals surface area contributed by atoms with Crippen LogP contribution in [0.3, 0.4) is 0 Å². The number of rotatable bonds is 8. The van der Waals surface area contributed by atoms with E-state index in [0.29, 0.717) is 17.1 Å². The molecule has 9 heteroatoms. The molecule has 1 aromatic carbocycles. The number of hydrogen-bond donors (Lipinski definition) is 3. The fourth-order valence-electron chi connectivity index (χ4n) is 2.01. The molecule has 0 fully saturated rings. The molecule has 1 unspecified atom stereocenters. The first-order valence-electron chi connectivity index (χ1n) is 7.40. The van der Waals surface area contributed by atoms with Crippen molar-refractivity contribution in [3.63, 3.8) is 0 Å². The minimum absolute atomic E-state index is 0.0158. The Morgan fingerprint density at radius 2 is 1.88 bits per heavy atom. The summed E-state index contributed by atoms with van der Waals surface area (Å²) in [5, 5.41) is 8.76. The van der Waals surface area contributed by atoms with Gasteiger partial charge in [-0.1, -0.05) is 35.5 Å². The molecule has 25 heavy (non-hydrogen) atoms. The van der Waals surface area contributed by atoms with Gasteiger partial charge in [-0.2, -0.15) is 0 Å². The average Bonchev–Trinajstić information content (AvgIpc) is 2.98. The number of nitrogens with zero attached hydrogens (tertiary/aromatic N) is 1. The molecule has 0 aliphatic rings. The van der Waals surface area contributed by atoms with Crippen molar-refractivity contribution in [2.75, 3.05) is 16.8 Å². The summed E-state index contributed by atoms with van der Waals surface area (Å²) >= 11 is 1.11. The van der Waals surface area contributed by atoms with Gasteiger partial charge in [-0.3, -0.25) is 14.4 Å². The van der Waals surface area contributed by atoms with Crippen LogP contribution in [-0.2, 0) is 14.4 Å². The zero-order valence-corrected chi connectivity index (χ0v) is 14.3. The number of nitrogens with two attached hydrogens (primary N) is 1. The Balaban J connectivity index is 1.77. The van der Waals surface area contributed by atoms with Crippen molar-refractivity contribution < 1.29 is 18.9 Å². The first-order valence-corrected chi connectivity index (χ1v) is 8.55. The van der Waals surface area contributed by atoms with Gasteiger partial charge in [0.15, 0.2) is 5.82 Å². The van der Waals surface area contributed by atoms with E-state index >= 15 is 0 Å². The number of aryl methyl sites for hydroxylation is 1. The first-order chi connectivity index (χ1) is 12.0. The molecule has 0 spiro atoms. The smallest absolute Gasteiger partial charge is 0.244 e. The van der Waals surface area contributed by atoms with E-state index in [0.717, 1.165) is 11.8 Å². The zero-order chi connectivity index (χ0) is 18.2. The molecule has 0 aliphatic heterocycles. The Morgan fingerprint density at radius 3 is 2.48 bits per heavy atom. The molecule has 0 bridgehead atoms. The lowest BCUT2D eigenvalue weighted by Gasteiger charge is -2.15. The zero-order valence-electron chi connectivity index (χ0n) is 13.5. The Bertz CT molecular complexity index is 748. The molecule has 1 aromatic heterocycles. The number of carbonyl (C=O) groups excluding carboxylic acids is 3. The third-order valence-corrected chi connectivity index (χ3v) is 4.02. The number of thioether (sulfide) groups is 1. The predicted molar refractivity (Wildman–Crippen MR) is 93.7 cm³/mol. The highest BCUT2D eigenvalue weighted by Gasteiger charge is 2.20. The molecule has 2 rings (SSSR count). The minimum atomic E-state index is -0.902.